The lowest BCUT2D eigenvalue weighted by atomic mass is 9.98. The van der Waals surface area contributed by atoms with E-state index < -0.39 is 11.9 Å². The fourth-order valence-corrected chi connectivity index (χ4v) is 5.29. The summed E-state index contributed by atoms with van der Waals surface area (Å²) in [5.74, 6) is 0.296. The van der Waals surface area contributed by atoms with Crippen LogP contribution in [0.5, 0.6) is 0 Å². The van der Waals surface area contributed by atoms with E-state index in [2.05, 4.69) is 57.7 Å². The molecule has 11 heteroatoms. The third kappa shape index (κ3) is 6.55. The van der Waals surface area contributed by atoms with Crippen molar-refractivity contribution in [3.05, 3.63) is 71.5 Å². The molecule has 1 aliphatic heterocycles. The molecule has 2 aromatic carbocycles. The van der Waals surface area contributed by atoms with Gasteiger partial charge in [0.15, 0.2) is 5.82 Å². The molecule has 8 nitrogen and oxygen atoms in total. The molecule has 3 N–H and O–H groups in total. The third-order valence-electron chi connectivity index (χ3n) is 7.11. The van der Waals surface area contributed by atoms with Crippen LogP contribution in [0.3, 0.4) is 0 Å². The standard InChI is InChI=1S/C31H33F3N8/c1-19-17-21(9-10-24(19)39-29-36-14-11-26(40-29)31(32,33)34)37-28-23(18-35)27(22-7-5-6-8-25(22)38-28)42-15-12-20(13-16-42)41-30(2,3)4/h5-11,14,17,20,41H,12-13,15-16H2,1-4H3,(H,37,38)(H,36,39,40). The number of nitriles is 1. The summed E-state index contributed by atoms with van der Waals surface area (Å²) < 4.78 is 39.2. The maximum Gasteiger partial charge on any atom is 0.433 e. The zero-order valence-corrected chi connectivity index (χ0v) is 24.0. The van der Waals surface area contributed by atoms with Crippen LogP contribution in [0.4, 0.5) is 42.0 Å². The maximum atomic E-state index is 13.1. The number of para-hydroxylation sites is 1. The van der Waals surface area contributed by atoms with Gasteiger partial charge >= 0.3 is 6.18 Å². The molecule has 4 aromatic rings. The fourth-order valence-electron chi connectivity index (χ4n) is 5.29. The molecule has 3 heterocycles. The van der Waals surface area contributed by atoms with E-state index in [0.717, 1.165) is 60.3 Å². The Morgan fingerprint density at radius 3 is 2.38 bits per heavy atom. The summed E-state index contributed by atoms with van der Waals surface area (Å²) in [7, 11) is 0. The van der Waals surface area contributed by atoms with Crippen molar-refractivity contribution < 1.29 is 13.2 Å². The lowest BCUT2D eigenvalue weighted by Crippen LogP contribution is -2.49. The molecule has 2 aromatic heterocycles. The SMILES string of the molecule is Cc1cc(Nc2nc3ccccc3c(N3CCC(NC(C)(C)C)CC3)c2C#N)ccc1Nc1nccc(C(F)(F)F)n1. The molecule has 1 aliphatic rings. The van der Waals surface area contributed by atoms with Crippen LogP contribution in [0.25, 0.3) is 10.9 Å². The summed E-state index contributed by atoms with van der Waals surface area (Å²) >= 11 is 0. The van der Waals surface area contributed by atoms with E-state index in [1.165, 1.54) is 0 Å². The highest BCUT2D eigenvalue weighted by molar-refractivity contribution is 5.98. The summed E-state index contributed by atoms with van der Waals surface area (Å²) in [4.78, 5) is 14.6. The highest BCUT2D eigenvalue weighted by Gasteiger charge is 2.33. The van der Waals surface area contributed by atoms with Crippen LogP contribution in [0.15, 0.2) is 54.7 Å². The van der Waals surface area contributed by atoms with Crippen molar-refractivity contribution in [2.75, 3.05) is 28.6 Å². The predicted octanol–water partition coefficient (Wildman–Crippen LogP) is 7.07. The van der Waals surface area contributed by atoms with Gasteiger partial charge in [-0.3, -0.25) is 0 Å². The van der Waals surface area contributed by atoms with Crippen molar-refractivity contribution in [3.8, 4) is 6.07 Å². The summed E-state index contributed by atoms with van der Waals surface area (Å²) in [6, 6.07) is 16.8. The molecule has 0 atom stereocenters. The van der Waals surface area contributed by atoms with E-state index in [1.54, 1.807) is 12.1 Å². The van der Waals surface area contributed by atoms with Crippen LogP contribution in [-0.2, 0) is 6.18 Å². The van der Waals surface area contributed by atoms with Crippen molar-refractivity contribution in [1.82, 2.24) is 20.3 Å². The van der Waals surface area contributed by atoms with Crippen molar-refractivity contribution in [2.45, 2.75) is 58.3 Å². The molecule has 0 aliphatic carbocycles. The Morgan fingerprint density at radius 1 is 0.976 bits per heavy atom. The van der Waals surface area contributed by atoms with Crippen molar-refractivity contribution in [1.29, 1.82) is 5.26 Å². The number of anilines is 5. The molecule has 218 valence electrons. The second-order valence-electron chi connectivity index (χ2n) is 11.5. The first kappa shape index (κ1) is 29.1. The van der Waals surface area contributed by atoms with E-state index in [1.807, 2.05) is 37.3 Å². The normalized spacial score (nSPS) is 14.6. The lowest BCUT2D eigenvalue weighted by Gasteiger charge is -2.38. The molecular formula is C31H33F3N8. The summed E-state index contributed by atoms with van der Waals surface area (Å²) in [5.41, 5.74) is 3.11. The Morgan fingerprint density at radius 2 is 1.71 bits per heavy atom. The molecule has 0 unspecified atom stereocenters. The van der Waals surface area contributed by atoms with Crippen LogP contribution < -0.4 is 20.9 Å². The van der Waals surface area contributed by atoms with Gasteiger partial charge < -0.3 is 20.9 Å². The maximum absolute atomic E-state index is 13.1. The largest absolute Gasteiger partial charge is 0.433 e. The van der Waals surface area contributed by atoms with Crippen molar-refractivity contribution >= 4 is 39.7 Å². The lowest BCUT2D eigenvalue weighted by molar-refractivity contribution is -0.141. The van der Waals surface area contributed by atoms with E-state index >= 15 is 0 Å². The molecule has 1 saturated heterocycles. The minimum absolute atomic E-state index is 0.0361. The zero-order valence-electron chi connectivity index (χ0n) is 24.0. The number of hydrogen-bond acceptors (Lipinski definition) is 8. The van der Waals surface area contributed by atoms with Gasteiger partial charge in [-0.2, -0.15) is 18.4 Å². The van der Waals surface area contributed by atoms with E-state index in [9.17, 15) is 18.4 Å². The minimum Gasteiger partial charge on any atom is -0.370 e. The Kier molecular flexibility index (Phi) is 7.93. The molecule has 42 heavy (non-hydrogen) atoms. The number of pyridine rings is 1. The highest BCUT2D eigenvalue weighted by Crippen LogP contribution is 2.37. The summed E-state index contributed by atoms with van der Waals surface area (Å²) in [6.07, 6.45) is -1.57. The Labute approximate surface area is 243 Å². The number of piperidine rings is 1. The number of aryl methyl sites for hydroxylation is 1. The molecule has 0 radical (unpaired) electrons. The third-order valence-corrected chi connectivity index (χ3v) is 7.11. The number of halogens is 3. The van der Waals surface area contributed by atoms with Gasteiger partial charge in [-0.1, -0.05) is 18.2 Å². The summed E-state index contributed by atoms with van der Waals surface area (Å²) in [6.45, 7) is 9.96. The molecule has 0 saturated carbocycles. The molecule has 0 amide bonds. The van der Waals surface area contributed by atoms with Gasteiger partial charge in [0.2, 0.25) is 5.95 Å². The molecule has 0 spiro atoms. The summed E-state index contributed by atoms with van der Waals surface area (Å²) in [5, 5.41) is 21.1. The minimum atomic E-state index is -4.56. The van der Waals surface area contributed by atoms with E-state index in [4.69, 9.17) is 4.98 Å². The number of nitrogens with zero attached hydrogens (tertiary/aromatic N) is 5. The van der Waals surface area contributed by atoms with Gasteiger partial charge in [-0.15, -0.1) is 0 Å². The Hall–Kier alpha value is -4.43. The van der Waals surface area contributed by atoms with Gasteiger partial charge in [0.25, 0.3) is 0 Å². The monoisotopic (exact) mass is 574 g/mol. The molecule has 5 rings (SSSR count). The van der Waals surface area contributed by atoms with Crippen LogP contribution in [0, 0.1) is 18.3 Å². The first-order valence-corrected chi connectivity index (χ1v) is 13.8. The first-order chi connectivity index (χ1) is 19.9. The van der Waals surface area contributed by atoms with Crippen molar-refractivity contribution in [3.63, 3.8) is 0 Å². The van der Waals surface area contributed by atoms with Crippen LogP contribution in [0.2, 0.25) is 0 Å². The smallest absolute Gasteiger partial charge is 0.370 e. The van der Waals surface area contributed by atoms with E-state index in [-0.39, 0.29) is 11.5 Å². The van der Waals surface area contributed by atoms with Crippen LogP contribution in [-0.4, -0.2) is 39.6 Å². The average molecular weight is 575 g/mol. The zero-order chi connectivity index (χ0) is 30.1. The second kappa shape index (κ2) is 11.4. The van der Waals surface area contributed by atoms with Gasteiger partial charge in [0, 0.05) is 47.6 Å². The van der Waals surface area contributed by atoms with Crippen LogP contribution in [0.1, 0.15) is 50.4 Å². The van der Waals surface area contributed by atoms with Gasteiger partial charge in [-0.25, -0.2) is 15.0 Å². The number of nitrogens with one attached hydrogen (secondary N) is 3. The number of rotatable bonds is 6. The topological polar surface area (TPSA) is 102 Å². The van der Waals surface area contributed by atoms with Gasteiger partial charge in [0.1, 0.15) is 17.3 Å². The number of aromatic nitrogens is 3. The van der Waals surface area contributed by atoms with Gasteiger partial charge in [0.05, 0.1) is 11.2 Å². The van der Waals surface area contributed by atoms with E-state index in [0.29, 0.717) is 28.8 Å². The quantitative estimate of drug-likeness (QED) is 0.225. The van der Waals surface area contributed by atoms with Crippen LogP contribution >= 0.6 is 0 Å². The predicted molar refractivity (Wildman–Crippen MR) is 159 cm³/mol. The highest BCUT2D eigenvalue weighted by atomic mass is 19.4. The Balaban J connectivity index is 1.42. The van der Waals surface area contributed by atoms with Crippen molar-refractivity contribution in [2.24, 2.45) is 0 Å². The number of fused-ring (bicyclic) bond motifs is 1. The van der Waals surface area contributed by atoms with Gasteiger partial charge in [-0.05, 0) is 76.4 Å². The average Bonchev–Trinajstić information content (AvgIpc) is 2.93. The first-order valence-electron chi connectivity index (χ1n) is 13.8. The number of benzene rings is 2. The molecule has 0 bridgehead atoms. The number of hydrogen-bond donors (Lipinski definition) is 3. The molecule has 1 fully saturated rings. The molecular weight excluding hydrogens is 541 g/mol. The Bertz CT molecular complexity index is 1630. The number of alkyl halides is 3. The fraction of sp³-hybridized carbons (Fsp3) is 0.355. The second-order valence-corrected chi connectivity index (χ2v) is 11.5.